The van der Waals surface area contributed by atoms with Crippen molar-refractivity contribution in [1.82, 2.24) is 0 Å². The van der Waals surface area contributed by atoms with Crippen molar-refractivity contribution >= 4 is 19.7 Å². The molecule has 15 heavy (non-hydrogen) atoms. The normalized spacial score (nSPS) is 17.7. The first-order chi connectivity index (χ1) is 7.08. The van der Waals surface area contributed by atoms with Crippen molar-refractivity contribution in [2.45, 2.75) is 38.5 Å². The molecule has 1 rings (SSSR count). The second-order valence-electron chi connectivity index (χ2n) is 4.18. The maximum atomic E-state index is 10.6. The van der Waals surface area contributed by atoms with E-state index < -0.39 is 9.05 Å². The first-order valence-electron chi connectivity index (χ1n) is 5.58. The zero-order valence-electron chi connectivity index (χ0n) is 8.95. The molecule has 0 aliphatic heterocycles. The summed E-state index contributed by atoms with van der Waals surface area (Å²) in [4.78, 5) is 0. The number of rotatable bonds is 8. The summed E-state index contributed by atoms with van der Waals surface area (Å²) in [6.45, 7) is 1.63. The average molecular weight is 255 g/mol. The van der Waals surface area contributed by atoms with E-state index in [1.807, 2.05) is 0 Å². The molecule has 1 fully saturated rings. The van der Waals surface area contributed by atoms with Crippen LogP contribution in [-0.4, -0.2) is 27.4 Å². The molecule has 0 amide bonds. The lowest BCUT2D eigenvalue weighted by molar-refractivity contribution is 0.0681. The first-order valence-corrected chi connectivity index (χ1v) is 8.06. The lowest BCUT2D eigenvalue weighted by atomic mass is 9.86. The van der Waals surface area contributed by atoms with Gasteiger partial charge in [0.15, 0.2) is 0 Å². The van der Waals surface area contributed by atoms with Crippen molar-refractivity contribution in [2.75, 3.05) is 19.0 Å². The Balaban J connectivity index is 1.80. The fourth-order valence-corrected chi connectivity index (χ4v) is 2.44. The van der Waals surface area contributed by atoms with Crippen LogP contribution in [0.2, 0.25) is 0 Å². The zero-order chi connectivity index (χ0) is 11.1. The Labute approximate surface area is 96.6 Å². The van der Waals surface area contributed by atoms with Gasteiger partial charge >= 0.3 is 0 Å². The lowest BCUT2D eigenvalue weighted by Gasteiger charge is -2.24. The van der Waals surface area contributed by atoms with Gasteiger partial charge in [0.05, 0.1) is 5.75 Å². The lowest BCUT2D eigenvalue weighted by Crippen LogP contribution is -2.17. The fraction of sp³-hybridized carbons (Fsp3) is 1.00. The highest BCUT2D eigenvalue weighted by Crippen LogP contribution is 2.26. The van der Waals surface area contributed by atoms with Crippen molar-refractivity contribution in [3.63, 3.8) is 0 Å². The molecule has 0 unspecified atom stereocenters. The molecular formula is C10H19ClO3S. The summed E-state index contributed by atoms with van der Waals surface area (Å²) in [5, 5.41) is 0. The largest absolute Gasteiger partial charge is 0.381 e. The molecule has 0 bridgehead atoms. The standard InChI is InChI=1S/C10H19ClO3S/c11-15(12,13)8-3-1-2-7-14-9-10-5-4-6-10/h10H,1-9H2. The van der Waals surface area contributed by atoms with Crippen LogP contribution >= 0.6 is 10.7 Å². The van der Waals surface area contributed by atoms with Gasteiger partial charge in [-0.05, 0) is 31.6 Å². The molecule has 90 valence electrons. The number of ether oxygens (including phenoxy) is 1. The first kappa shape index (κ1) is 13.3. The Morgan fingerprint density at radius 3 is 2.47 bits per heavy atom. The Morgan fingerprint density at radius 1 is 1.20 bits per heavy atom. The number of halogens is 1. The average Bonchev–Trinajstić information content (AvgIpc) is 2.04. The summed E-state index contributed by atoms with van der Waals surface area (Å²) in [5.74, 6) is 0.866. The predicted molar refractivity (Wildman–Crippen MR) is 61.7 cm³/mol. The number of hydrogen-bond donors (Lipinski definition) is 0. The third kappa shape index (κ3) is 7.14. The highest BCUT2D eigenvalue weighted by molar-refractivity contribution is 8.13. The Kier molecular flexibility index (Phi) is 5.94. The minimum absolute atomic E-state index is 0.0805. The van der Waals surface area contributed by atoms with E-state index in [1.165, 1.54) is 19.3 Å². The SMILES string of the molecule is O=S(=O)(Cl)CCCCCOCC1CCC1. The third-order valence-electron chi connectivity index (χ3n) is 2.76. The number of hydrogen-bond acceptors (Lipinski definition) is 3. The smallest absolute Gasteiger partial charge is 0.232 e. The van der Waals surface area contributed by atoms with Gasteiger partial charge in [0.1, 0.15) is 0 Å². The van der Waals surface area contributed by atoms with Gasteiger partial charge in [-0.15, -0.1) is 0 Å². The molecular weight excluding hydrogens is 236 g/mol. The highest BCUT2D eigenvalue weighted by atomic mass is 35.7. The minimum atomic E-state index is -3.29. The maximum Gasteiger partial charge on any atom is 0.232 e. The van der Waals surface area contributed by atoms with Gasteiger partial charge in [-0.1, -0.05) is 12.8 Å². The molecule has 3 nitrogen and oxygen atoms in total. The van der Waals surface area contributed by atoms with E-state index >= 15 is 0 Å². The van der Waals surface area contributed by atoms with Gasteiger partial charge in [0, 0.05) is 23.9 Å². The van der Waals surface area contributed by atoms with Gasteiger partial charge in [0.25, 0.3) is 0 Å². The molecule has 0 saturated heterocycles. The second kappa shape index (κ2) is 6.71. The van der Waals surface area contributed by atoms with E-state index in [9.17, 15) is 8.42 Å². The van der Waals surface area contributed by atoms with Crippen molar-refractivity contribution in [2.24, 2.45) is 5.92 Å². The maximum absolute atomic E-state index is 10.6. The molecule has 0 aromatic rings. The summed E-state index contributed by atoms with van der Waals surface area (Å²) in [7, 11) is 1.79. The molecule has 0 spiro atoms. The molecule has 0 aromatic heterocycles. The van der Waals surface area contributed by atoms with Crippen LogP contribution in [0, 0.1) is 5.92 Å². The van der Waals surface area contributed by atoms with Gasteiger partial charge in [-0.3, -0.25) is 0 Å². The Hall–Kier alpha value is 0.200. The highest BCUT2D eigenvalue weighted by Gasteiger charge is 2.16. The molecule has 0 aromatic carbocycles. The predicted octanol–water partition coefficient (Wildman–Crippen LogP) is 2.54. The summed E-state index contributed by atoms with van der Waals surface area (Å²) in [5.41, 5.74) is 0. The number of unbranched alkanes of at least 4 members (excludes halogenated alkanes) is 2. The molecule has 0 atom stereocenters. The third-order valence-corrected chi connectivity index (χ3v) is 3.99. The summed E-state index contributed by atoms with van der Waals surface area (Å²) >= 11 is 0. The zero-order valence-corrected chi connectivity index (χ0v) is 10.5. The topological polar surface area (TPSA) is 43.4 Å². The van der Waals surface area contributed by atoms with Crippen LogP contribution in [0.5, 0.6) is 0 Å². The van der Waals surface area contributed by atoms with Gasteiger partial charge in [-0.2, -0.15) is 0 Å². The summed E-state index contributed by atoms with van der Waals surface area (Å²) < 4.78 is 26.7. The minimum Gasteiger partial charge on any atom is -0.381 e. The molecule has 0 radical (unpaired) electrons. The molecule has 0 heterocycles. The van der Waals surface area contributed by atoms with Crippen LogP contribution in [-0.2, 0) is 13.8 Å². The fourth-order valence-electron chi connectivity index (χ4n) is 1.56. The van der Waals surface area contributed by atoms with Crippen molar-refractivity contribution < 1.29 is 13.2 Å². The van der Waals surface area contributed by atoms with Gasteiger partial charge in [-0.25, -0.2) is 8.42 Å². The van der Waals surface area contributed by atoms with Crippen molar-refractivity contribution in [3.8, 4) is 0 Å². The quantitative estimate of drug-likeness (QED) is 0.494. The van der Waals surface area contributed by atoms with Gasteiger partial charge < -0.3 is 4.74 Å². The van der Waals surface area contributed by atoms with Crippen LogP contribution in [0.25, 0.3) is 0 Å². The molecule has 1 aliphatic rings. The van der Waals surface area contributed by atoms with Crippen LogP contribution in [0.4, 0.5) is 0 Å². The molecule has 5 heteroatoms. The monoisotopic (exact) mass is 254 g/mol. The Bertz CT molecular complexity index is 260. The molecule has 1 aliphatic carbocycles. The van der Waals surface area contributed by atoms with Crippen LogP contribution in [0.1, 0.15) is 38.5 Å². The molecule has 1 saturated carbocycles. The van der Waals surface area contributed by atoms with Crippen LogP contribution < -0.4 is 0 Å². The Morgan fingerprint density at radius 2 is 1.93 bits per heavy atom. The van der Waals surface area contributed by atoms with E-state index in [0.29, 0.717) is 6.42 Å². The summed E-state index contributed by atoms with van der Waals surface area (Å²) in [6, 6.07) is 0. The van der Waals surface area contributed by atoms with E-state index in [2.05, 4.69) is 0 Å². The van der Waals surface area contributed by atoms with Gasteiger partial charge in [0.2, 0.25) is 9.05 Å². The van der Waals surface area contributed by atoms with Crippen LogP contribution in [0.15, 0.2) is 0 Å². The van der Waals surface area contributed by atoms with E-state index in [1.54, 1.807) is 0 Å². The van der Waals surface area contributed by atoms with Crippen molar-refractivity contribution in [3.05, 3.63) is 0 Å². The molecule has 0 N–H and O–H groups in total. The van der Waals surface area contributed by atoms with Crippen molar-refractivity contribution in [1.29, 1.82) is 0 Å². The second-order valence-corrected chi connectivity index (χ2v) is 7.07. The van der Waals surface area contributed by atoms with E-state index in [0.717, 1.165) is 32.0 Å². The van der Waals surface area contributed by atoms with Crippen LogP contribution in [0.3, 0.4) is 0 Å². The van der Waals surface area contributed by atoms with E-state index in [-0.39, 0.29) is 5.75 Å². The summed E-state index contributed by atoms with van der Waals surface area (Å²) in [6.07, 6.45) is 6.41. The van der Waals surface area contributed by atoms with E-state index in [4.69, 9.17) is 15.4 Å².